The number of aromatic nitrogens is 1. The van der Waals surface area contributed by atoms with Crippen LogP contribution in [-0.2, 0) is 6.54 Å². The van der Waals surface area contributed by atoms with E-state index in [0.29, 0.717) is 0 Å². The van der Waals surface area contributed by atoms with E-state index in [4.69, 9.17) is 0 Å². The van der Waals surface area contributed by atoms with Gasteiger partial charge in [-0.15, -0.1) is 11.3 Å². The maximum absolute atomic E-state index is 4.40. The molecule has 2 heterocycles. The fourth-order valence-electron chi connectivity index (χ4n) is 1.92. The van der Waals surface area contributed by atoms with E-state index in [-0.39, 0.29) is 0 Å². The molecule has 1 aromatic heterocycles. The Morgan fingerprint density at radius 1 is 1.35 bits per heavy atom. The van der Waals surface area contributed by atoms with E-state index >= 15 is 0 Å². The molecular formula is C12H22N4S. The topological polar surface area (TPSA) is 31.4 Å². The Labute approximate surface area is 108 Å². The van der Waals surface area contributed by atoms with Crippen LogP contribution in [0.15, 0.2) is 6.20 Å². The lowest BCUT2D eigenvalue weighted by Crippen LogP contribution is -2.43. The van der Waals surface area contributed by atoms with Gasteiger partial charge in [0.2, 0.25) is 0 Å². The van der Waals surface area contributed by atoms with Crippen molar-refractivity contribution in [2.24, 2.45) is 0 Å². The summed E-state index contributed by atoms with van der Waals surface area (Å²) in [7, 11) is 2.19. The van der Waals surface area contributed by atoms with Crippen LogP contribution >= 0.6 is 11.3 Å². The van der Waals surface area contributed by atoms with Gasteiger partial charge in [-0.1, -0.05) is 6.92 Å². The first-order valence-corrected chi connectivity index (χ1v) is 7.19. The van der Waals surface area contributed by atoms with Gasteiger partial charge < -0.3 is 10.2 Å². The van der Waals surface area contributed by atoms with Gasteiger partial charge in [-0.25, -0.2) is 4.98 Å². The summed E-state index contributed by atoms with van der Waals surface area (Å²) in [4.78, 5) is 10.7. The van der Waals surface area contributed by atoms with Gasteiger partial charge in [-0.3, -0.25) is 4.90 Å². The monoisotopic (exact) mass is 254 g/mol. The standard InChI is InChI=1S/C12H22N4S/c1-3-4-13-12-14-9-11(17-12)10-16-7-5-15(2)6-8-16/h9H,3-8,10H2,1-2H3,(H,13,14). The second-order valence-corrected chi connectivity index (χ2v) is 5.75. The number of nitrogens with zero attached hydrogens (tertiary/aromatic N) is 3. The molecule has 0 aromatic carbocycles. The smallest absolute Gasteiger partial charge is 0.182 e. The third-order valence-electron chi connectivity index (χ3n) is 3.06. The van der Waals surface area contributed by atoms with Crippen molar-refractivity contribution in [1.82, 2.24) is 14.8 Å². The number of piperazine rings is 1. The first-order valence-electron chi connectivity index (χ1n) is 6.37. The van der Waals surface area contributed by atoms with Gasteiger partial charge >= 0.3 is 0 Å². The molecule has 0 saturated carbocycles. The Morgan fingerprint density at radius 3 is 2.82 bits per heavy atom. The van der Waals surface area contributed by atoms with Crippen LogP contribution in [0.1, 0.15) is 18.2 Å². The van der Waals surface area contributed by atoms with Crippen molar-refractivity contribution in [3.8, 4) is 0 Å². The molecule has 1 N–H and O–H groups in total. The lowest BCUT2D eigenvalue weighted by molar-refractivity contribution is 0.149. The number of nitrogens with one attached hydrogen (secondary N) is 1. The van der Waals surface area contributed by atoms with Gasteiger partial charge in [-0.05, 0) is 13.5 Å². The van der Waals surface area contributed by atoms with Gasteiger partial charge in [0, 0.05) is 50.3 Å². The second-order valence-electron chi connectivity index (χ2n) is 4.64. The molecule has 0 aliphatic carbocycles. The molecule has 2 rings (SSSR count). The van der Waals surface area contributed by atoms with Crippen molar-refractivity contribution in [3.63, 3.8) is 0 Å². The average Bonchev–Trinajstić information content (AvgIpc) is 2.77. The molecule has 96 valence electrons. The Kier molecular flexibility index (Phi) is 4.76. The number of rotatable bonds is 5. The van der Waals surface area contributed by atoms with E-state index in [9.17, 15) is 0 Å². The molecule has 17 heavy (non-hydrogen) atoms. The molecule has 1 aromatic rings. The maximum Gasteiger partial charge on any atom is 0.182 e. The molecule has 0 atom stereocenters. The molecule has 0 spiro atoms. The number of likely N-dealkylation sites (N-methyl/N-ethyl adjacent to an activating group) is 1. The SMILES string of the molecule is CCCNc1ncc(CN2CCN(C)CC2)s1. The lowest BCUT2D eigenvalue weighted by Gasteiger charge is -2.31. The molecule has 4 nitrogen and oxygen atoms in total. The van der Waals surface area contributed by atoms with Crippen LogP contribution in [-0.4, -0.2) is 54.6 Å². The molecule has 0 bridgehead atoms. The molecule has 5 heteroatoms. The lowest BCUT2D eigenvalue weighted by atomic mass is 10.3. The van der Waals surface area contributed by atoms with E-state index in [1.807, 2.05) is 6.20 Å². The molecule has 0 unspecified atom stereocenters. The first kappa shape index (κ1) is 12.8. The van der Waals surface area contributed by atoms with Crippen molar-refractivity contribution in [3.05, 3.63) is 11.1 Å². The van der Waals surface area contributed by atoms with Crippen molar-refractivity contribution in [2.75, 3.05) is 45.1 Å². The fourth-order valence-corrected chi connectivity index (χ4v) is 2.80. The summed E-state index contributed by atoms with van der Waals surface area (Å²) >= 11 is 1.79. The second kappa shape index (κ2) is 6.33. The normalized spacial score (nSPS) is 18.5. The fraction of sp³-hybridized carbons (Fsp3) is 0.750. The molecule has 1 aliphatic heterocycles. The highest BCUT2D eigenvalue weighted by molar-refractivity contribution is 7.15. The van der Waals surface area contributed by atoms with E-state index < -0.39 is 0 Å². The molecule has 1 aliphatic rings. The van der Waals surface area contributed by atoms with Crippen LogP contribution in [0.3, 0.4) is 0 Å². The van der Waals surface area contributed by atoms with Gasteiger partial charge in [0.05, 0.1) is 0 Å². The van der Waals surface area contributed by atoms with Crippen LogP contribution in [0.4, 0.5) is 5.13 Å². The highest BCUT2D eigenvalue weighted by atomic mass is 32.1. The van der Waals surface area contributed by atoms with Crippen molar-refractivity contribution >= 4 is 16.5 Å². The minimum atomic E-state index is 1.02. The quantitative estimate of drug-likeness (QED) is 0.867. The summed E-state index contributed by atoms with van der Waals surface area (Å²) < 4.78 is 0. The molecule has 0 radical (unpaired) electrons. The Hall–Kier alpha value is -0.650. The van der Waals surface area contributed by atoms with Gasteiger partial charge in [0.25, 0.3) is 0 Å². The summed E-state index contributed by atoms with van der Waals surface area (Å²) in [6.07, 6.45) is 3.16. The van der Waals surface area contributed by atoms with Crippen molar-refractivity contribution < 1.29 is 0 Å². The summed E-state index contributed by atoms with van der Waals surface area (Å²) in [5, 5.41) is 4.41. The van der Waals surface area contributed by atoms with Crippen LogP contribution < -0.4 is 5.32 Å². The third kappa shape index (κ3) is 3.94. The minimum absolute atomic E-state index is 1.02. The van der Waals surface area contributed by atoms with E-state index in [1.54, 1.807) is 11.3 Å². The molecular weight excluding hydrogens is 232 g/mol. The number of hydrogen-bond acceptors (Lipinski definition) is 5. The highest BCUT2D eigenvalue weighted by Gasteiger charge is 2.14. The zero-order valence-electron chi connectivity index (χ0n) is 10.8. The Bertz CT molecular complexity index is 331. The third-order valence-corrected chi connectivity index (χ3v) is 3.99. The van der Waals surface area contributed by atoms with Crippen LogP contribution in [0.5, 0.6) is 0 Å². The number of thiazole rings is 1. The predicted molar refractivity (Wildman–Crippen MR) is 73.7 cm³/mol. The van der Waals surface area contributed by atoms with E-state index in [2.05, 4.69) is 34.1 Å². The number of anilines is 1. The van der Waals surface area contributed by atoms with E-state index in [1.165, 1.54) is 31.1 Å². The van der Waals surface area contributed by atoms with Crippen LogP contribution in [0.25, 0.3) is 0 Å². The highest BCUT2D eigenvalue weighted by Crippen LogP contribution is 2.20. The maximum atomic E-state index is 4.40. The van der Waals surface area contributed by atoms with Crippen LogP contribution in [0.2, 0.25) is 0 Å². The minimum Gasteiger partial charge on any atom is -0.362 e. The summed E-state index contributed by atoms with van der Waals surface area (Å²) in [6, 6.07) is 0. The van der Waals surface area contributed by atoms with Gasteiger partial charge in [-0.2, -0.15) is 0 Å². The average molecular weight is 254 g/mol. The van der Waals surface area contributed by atoms with E-state index in [0.717, 1.165) is 24.6 Å². The Balaban J connectivity index is 1.80. The van der Waals surface area contributed by atoms with Crippen molar-refractivity contribution in [2.45, 2.75) is 19.9 Å². The van der Waals surface area contributed by atoms with Crippen LogP contribution in [0, 0.1) is 0 Å². The summed E-state index contributed by atoms with van der Waals surface area (Å²) in [5.41, 5.74) is 0. The summed E-state index contributed by atoms with van der Waals surface area (Å²) in [6.45, 7) is 8.95. The molecule has 1 fully saturated rings. The molecule has 1 saturated heterocycles. The molecule has 0 amide bonds. The van der Waals surface area contributed by atoms with Gasteiger partial charge in [0.15, 0.2) is 5.13 Å². The predicted octanol–water partition coefficient (Wildman–Crippen LogP) is 1.71. The first-order chi connectivity index (χ1) is 8.28. The van der Waals surface area contributed by atoms with Gasteiger partial charge in [0.1, 0.15) is 0 Å². The largest absolute Gasteiger partial charge is 0.362 e. The summed E-state index contributed by atoms with van der Waals surface area (Å²) in [5.74, 6) is 0. The number of hydrogen-bond donors (Lipinski definition) is 1. The Morgan fingerprint density at radius 2 is 2.12 bits per heavy atom. The van der Waals surface area contributed by atoms with Crippen molar-refractivity contribution in [1.29, 1.82) is 0 Å². The zero-order valence-corrected chi connectivity index (χ0v) is 11.6. The zero-order chi connectivity index (χ0) is 12.1.